The Morgan fingerprint density at radius 1 is 1.67 bits per heavy atom. The maximum absolute atomic E-state index is 10.6. The Kier molecular flexibility index (Phi) is 4.09. The van der Waals surface area contributed by atoms with E-state index in [1.54, 1.807) is 18.5 Å². The summed E-state index contributed by atoms with van der Waals surface area (Å²) in [6.45, 7) is 4.31. The average molecular weight is 209 g/mol. The second-order valence-corrected chi connectivity index (χ2v) is 3.35. The standard InChI is InChI=1S/C11H15NO3/c1-3-15-10-7-12-5-4-9(10)8(2)6-11(13)14/h4-5,7-8H,3,6H2,1-2H3,(H,13,14). The molecule has 0 saturated carbocycles. The number of carbonyl (C=O) groups is 1. The summed E-state index contributed by atoms with van der Waals surface area (Å²) < 4.78 is 5.38. The fraction of sp³-hybridized carbons (Fsp3) is 0.455. The number of pyridine rings is 1. The van der Waals surface area contributed by atoms with Crippen molar-refractivity contribution in [3.05, 3.63) is 24.0 Å². The molecule has 0 aliphatic heterocycles. The molecular weight excluding hydrogens is 194 g/mol. The molecule has 0 aliphatic rings. The maximum Gasteiger partial charge on any atom is 0.303 e. The maximum atomic E-state index is 10.6. The van der Waals surface area contributed by atoms with E-state index < -0.39 is 5.97 Å². The van der Waals surface area contributed by atoms with Gasteiger partial charge in [0, 0.05) is 11.8 Å². The van der Waals surface area contributed by atoms with Crippen molar-refractivity contribution in [2.24, 2.45) is 0 Å². The van der Waals surface area contributed by atoms with Gasteiger partial charge in [0.05, 0.1) is 19.2 Å². The zero-order valence-corrected chi connectivity index (χ0v) is 8.93. The molecule has 0 fully saturated rings. The first-order chi connectivity index (χ1) is 7.15. The van der Waals surface area contributed by atoms with E-state index in [2.05, 4.69) is 4.98 Å². The van der Waals surface area contributed by atoms with Crippen molar-refractivity contribution in [2.45, 2.75) is 26.2 Å². The highest BCUT2D eigenvalue weighted by Gasteiger charge is 2.14. The van der Waals surface area contributed by atoms with Gasteiger partial charge in [0.1, 0.15) is 5.75 Å². The van der Waals surface area contributed by atoms with Crippen LogP contribution in [0.15, 0.2) is 18.5 Å². The molecule has 0 amide bonds. The van der Waals surface area contributed by atoms with E-state index in [0.717, 1.165) is 5.56 Å². The third-order valence-electron chi connectivity index (χ3n) is 2.13. The van der Waals surface area contributed by atoms with E-state index in [9.17, 15) is 4.79 Å². The molecule has 1 aromatic heterocycles. The molecule has 1 N–H and O–H groups in total. The summed E-state index contributed by atoms with van der Waals surface area (Å²) in [5.41, 5.74) is 0.897. The van der Waals surface area contributed by atoms with Crippen LogP contribution in [0.2, 0.25) is 0 Å². The molecule has 0 spiro atoms. The van der Waals surface area contributed by atoms with Crippen molar-refractivity contribution in [1.29, 1.82) is 0 Å². The van der Waals surface area contributed by atoms with Gasteiger partial charge in [0.15, 0.2) is 0 Å². The number of nitrogens with zero attached hydrogens (tertiary/aromatic N) is 1. The van der Waals surface area contributed by atoms with Gasteiger partial charge in [-0.15, -0.1) is 0 Å². The summed E-state index contributed by atoms with van der Waals surface area (Å²) in [7, 11) is 0. The van der Waals surface area contributed by atoms with Crippen LogP contribution in [0.4, 0.5) is 0 Å². The summed E-state index contributed by atoms with van der Waals surface area (Å²) in [6.07, 6.45) is 3.37. The van der Waals surface area contributed by atoms with Crippen LogP contribution in [-0.2, 0) is 4.79 Å². The van der Waals surface area contributed by atoms with Gasteiger partial charge in [-0.25, -0.2) is 0 Å². The SMILES string of the molecule is CCOc1cnccc1C(C)CC(=O)O. The van der Waals surface area contributed by atoms with Crippen molar-refractivity contribution >= 4 is 5.97 Å². The van der Waals surface area contributed by atoms with Gasteiger partial charge < -0.3 is 9.84 Å². The Morgan fingerprint density at radius 3 is 3.00 bits per heavy atom. The second kappa shape index (κ2) is 5.34. The predicted molar refractivity (Wildman–Crippen MR) is 56.1 cm³/mol. The minimum atomic E-state index is -0.804. The van der Waals surface area contributed by atoms with E-state index in [0.29, 0.717) is 12.4 Å². The molecule has 0 radical (unpaired) electrons. The summed E-state index contributed by atoms with van der Waals surface area (Å²) in [5, 5.41) is 8.71. The molecular formula is C11H15NO3. The molecule has 1 aromatic rings. The van der Waals surface area contributed by atoms with Crippen LogP contribution in [0.25, 0.3) is 0 Å². The lowest BCUT2D eigenvalue weighted by atomic mass is 9.98. The van der Waals surface area contributed by atoms with Crippen LogP contribution in [0.3, 0.4) is 0 Å². The Bertz CT molecular complexity index is 338. The number of aliphatic carboxylic acids is 1. The zero-order valence-electron chi connectivity index (χ0n) is 8.93. The van der Waals surface area contributed by atoms with Gasteiger partial charge in [-0.2, -0.15) is 0 Å². The first-order valence-electron chi connectivity index (χ1n) is 4.93. The summed E-state index contributed by atoms with van der Waals surface area (Å²) in [4.78, 5) is 14.5. The average Bonchev–Trinajstić information content (AvgIpc) is 2.18. The van der Waals surface area contributed by atoms with E-state index in [4.69, 9.17) is 9.84 Å². The van der Waals surface area contributed by atoms with Crippen LogP contribution in [0.1, 0.15) is 31.7 Å². The minimum absolute atomic E-state index is 0.0629. The highest BCUT2D eigenvalue weighted by molar-refractivity contribution is 5.68. The number of hydrogen-bond acceptors (Lipinski definition) is 3. The fourth-order valence-electron chi connectivity index (χ4n) is 1.45. The lowest BCUT2D eigenvalue weighted by molar-refractivity contribution is -0.137. The van der Waals surface area contributed by atoms with Gasteiger partial charge in [0.25, 0.3) is 0 Å². The van der Waals surface area contributed by atoms with Crippen molar-refractivity contribution in [3.8, 4) is 5.75 Å². The second-order valence-electron chi connectivity index (χ2n) is 3.35. The third kappa shape index (κ3) is 3.23. The van der Waals surface area contributed by atoms with Crippen LogP contribution < -0.4 is 4.74 Å². The van der Waals surface area contributed by atoms with Gasteiger partial charge in [0.2, 0.25) is 0 Å². The molecule has 82 valence electrons. The zero-order chi connectivity index (χ0) is 11.3. The van der Waals surface area contributed by atoms with Crippen LogP contribution >= 0.6 is 0 Å². The van der Waals surface area contributed by atoms with Crippen LogP contribution in [0, 0.1) is 0 Å². The van der Waals surface area contributed by atoms with E-state index in [1.807, 2.05) is 13.8 Å². The van der Waals surface area contributed by atoms with Gasteiger partial charge >= 0.3 is 5.97 Å². The third-order valence-corrected chi connectivity index (χ3v) is 2.13. The molecule has 1 heterocycles. The molecule has 15 heavy (non-hydrogen) atoms. The largest absolute Gasteiger partial charge is 0.492 e. The summed E-state index contributed by atoms with van der Waals surface area (Å²) in [5.74, 6) is -0.192. The molecule has 0 aromatic carbocycles. The molecule has 4 heteroatoms. The fourth-order valence-corrected chi connectivity index (χ4v) is 1.45. The van der Waals surface area contributed by atoms with Gasteiger partial charge in [-0.3, -0.25) is 9.78 Å². The Hall–Kier alpha value is -1.58. The molecule has 0 saturated heterocycles. The van der Waals surface area contributed by atoms with E-state index in [1.165, 1.54) is 0 Å². The number of carboxylic acid groups (broad SMARTS) is 1. The molecule has 0 bridgehead atoms. The molecule has 4 nitrogen and oxygen atoms in total. The number of rotatable bonds is 5. The molecule has 1 rings (SSSR count). The van der Waals surface area contributed by atoms with Gasteiger partial charge in [-0.1, -0.05) is 6.92 Å². The normalized spacial score (nSPS) is 12.1. The first-order valence-corrected chi connectivity index (χ1v) is 4.93. The van der Waals surface area contributed by atoms with Crippen LogP contribution in [-0.4, -0.2) is 22.7 Å². The first kappa shape index (κ1) is 11.5. The van der Waals surface area contributed by atoms with Crippen molar-refractivity contribution < 1.29 is 14.6 Å². The smallest absolute Gasteiger partial charge is 0.303 e. The Morgan fingerprint density at radius 2 is 2.40 bits per heavy atom. The predicted octanol–water partition coefficient (Wildman–Crippen LogP) is 2.06. The quantitative estimate of drug-likeness (QED) is 0.806. The van der Waals surface area contributed by atoms with E-state index in [-0.39, 0.29) is 12.3 Å². The van der Waals surface area contributed by atoms with E-state index >= 15 is 0 Å². The molecule has 1 atom stereocenters. The van der Waals surface area contributed by atoms with Crippen molar-refractivity contribution in [1.82, 2.24) is 4.98 Å². The number of ether oxygens (including phenoxy) is 1. The van der Waals surface area contributed by atoms with Gasteiger partial charge in [-0.05, 0) is 18.9 Å². The summed E-state index contributed by atoms with van der Waals surface area (Å²) >= 11 is 0. The number of aromatic nitrogens is 1. The summed E-state index contributed by atoms with van der Waals surface area (Å²) in [6, 6.07) is 1.80. The topological polar surface area (TPSA) is 59.4 Å². The monoisotopic (exact) mass is 209 g/mol. The van der Waals surface area contributed by atoms with Crippen molar-refractivity contribution in [3.63, 3.8) is 0 Å². The minimum Gasteiger partial charge on any atom is -0.492 e. The van der Waals surface area contributed by atoms with Crippen LogP contribution in [0.5, 0.6) is 5.75 Å². The number of hydrogen-bond donors (Lipinski definition) is 1. The highest BCUT2D eigenvalue weighted by atomic mass is 16.5. The van der Waals surface area contributed by atoms with Crippen molar-refractivity contribution in [2.75, 3.05) is 6.61 Å². The highest BCUT2D eigenvalue weighted by Crippen LogP contribution is 2.27. The lowest BCUT2D eigenvalue weighted by Gasteiger charge is -2.13. The molecule has 0 aliphatic carbocycles. The Labute approximate surface area is 88.9 Å². The number of carboxylic acids is 1. The molecule has 1 unspecified atom stereocenters. The lowest BCUT2D eigenvalue weighted by Crippen LogP contribution is -2.05. The Balaban J connectivity index is 2.86.